The maximum absolute atomic E-state index is 4.48. The molecule has 0 saturated heterocycles. The van der Waals surface area contributed by atoms with Gasteiger partial charge in [0.05, 0.1) is 5.69 Å². The molecule has 0 N–H and O–H groups in total. The number of benzene rings is 2. The number of fused-ring (bicyclic) bond motifs is 1. The minimum Gasteiger partial charge on any atom is -0.264 e. The molecule has 4 aromatic rings. The van der Waals surface area contributed by atoms with Gasteiger partial charge in [-0.05, 0) is 41.5 Å². The van der Waals surface area contributed by atoms with Crippen molar-refractivity contribution in [1.29, 1.82) is 0 Å². The van der Waals surface area contributed by atoms with Crippen LogP contribution < -0.4 is 0 Å². The van der Waals surface area contributed by atoms with Crippen molar-refractivity contribution >= 4 is 11.0 Å². The monoisotopic (exact) mass is 272 g/mol. The first-order valence-corrected chi connectivity index (χ1v) is 6.73. The summed E-state index contributed by atoms with van der Waals surface area (Å²) in [5, 5.41) is 8.96. The van der Waals surface area contributed by atoms with E-state index in [2.05, 4.69) is 27.3 Å². The summed E-state index contributed by atoms with van der Waals surface area (Å²) in [5.41, 5.74) is 4.97. The third-order valence-corrected chi connectivity index (χ3v) is 3.38. The maximum Gasteiger partial charge on any atom is 0.113 e. The Hall–Kier alpha value is -3.01. The number of pyridine rings is 1. The Kier molecular flexibility index (Phi) is 2.71. The molecule has 4 nitrogen and oxygen atoms in total. The minimum absolute atomic E-state index is 0.897. The molecule has 4 rings (SSSR count). The van der Waals surface area contributed by atoms with Crippen LogP contribution in [-0.4, -0.2) is 20.0 Å². The van der Waals surface area contributed by atoms with Crippen molar-refractivity contribution < 1.29 is 0 Å². The van der Waals surface area contributed by atoms with Gasteiger partial charge >= 0.3 is 0 Å². The van der Waals surface area contributed by atoms with Crippen molar-refractivity contribution in [2.45, 2.75) is 0 Å². The first-order valence-electron chi connectivity index (χ1n) is 6.73. The molecule has 2 aromatic carbocycles. The van der Waals surface area contributed by atoms with Crippen LogP contribution in [0.1, 0.15) is 0 Å². The zero-order chi connectivity index (χ0) is 14.1. The number of hydrogen-bond acceptors (Lipinski definition) is 3. The van der Waals surface area contributed by atoms with Crippen LogP contribution in [0, 0.1) is 0 Å². The van der Waals surface area contributed by atoms with Crippen LogP contribution in [0.15, 0.2) is 73.1 Å². The fourth-order valence-corrected chi connectivity index (χ4v) is 2.30. The largest absolute Gasteiger partial charge is 0.264 e. The summed E-state index contributed by atoms with van der Waals surface area (Å²) in [5.74, 6) is 0. The third kappa shape index (κ3) is 2.17. The first kappa shape index (κ1) is 11.8. The van der Waals surface area contributed by atoms with E-state index < -0.39 is 0 Å². The van der Waals surface area contributed by atoms with Gasteiger partial charge in [0.25, 0.3) is 0 Å². The zero-order valence-corrected chi connectivity index (χ0v) is 11.2. The van der Waals surface area contributed by atoms with Gasteiger partial charge in [0.15, 0.2) is 0 Å². The highest BCUT2D eigenvalue weighted by molar-refractivity contribution is 5.73. The minimum atomic E-state index is 0.897. The predicted octanol–water partition coefficient (Wildman–Crippen LogP) is 3.48. The van der Waals surface area contributed by atoms with Crippen molar-refractivity contribution in [3.8, 4) is 16.8 Å². The topological polar surface area (TPSA) is 43.6 Å². The summed E-state index contributed by atoms with van der Waals surface area (Å²) in [6, 6.07) is 20.0. The first-order chi connectivity index (χ1) is 10.4. The summed E-state index contributed by atoms with van der Waals surface area (Å²) in [7, 11) is 0. The summed E-state index contributed by atoms with van der Waals surface area (Å²) in [6.07, 6.45) is 3.63. The van der Waals surface area contributed by atoms with Gasteiger partial charge in [0.2, 0.25) is 0 Å². The van der Waals surface area contributed by atoms with Crippen molar-refractivity contribution in [2.75, 3.05) is 0 Å². The molecule has 0 fully saturated rings. The van der Waals surface area contributed by atoms with Crippen molar-refractivity contribution in [3.05, 3.63) is 73.1 Å². The second kappa shape index (κ2) is 4.83. The molecule has 0 unspecified atom stereocenters. The quantitative estimate of drug-likeness (QED) is 0.561. The molecule has 0 aliphatic rings. The Balaban J connectivity index is 1.73. The van der Waals surface area contributed by atoms with E-state index >= 15 is 0 Å². The van der Waals surface area contributed by atoms with Crippen LogP contribution in [0.3, 0.4) is 0 Å². The van der Waals surface area contributed by atoms with Crippen LogP contribution in [0.2, 0.25) is 0 Å². The van der Waals surface area contributed by atoms with E-state index in [9.17, 15) is 0 Å². The van der Waals surface area contributed by atoms with Crippen LogP contribution in [0.5, 0.6) is 0 Å². The molecule has 0 amide bonds. The molecular formula is C17H12N4. The van der Waals surface area contributed by atoms with Gasteiger partial charge in [-0.2, -0.15) is 4.80 Å². The van der Waals surface area contributed by atoms with Crippen molar-refractivity contribution in [2.24, 2.45) is 0 Å². The molecule has 100 valence electrons. The predicted molar refractivity (Wildman–Crippen MR) is 82.1 cm³/mol. The summed E-state index contributed by atoms with van der Waals surface area (Å²) in [4.78, 5) is 5.80. The van der Waals surface area contributed by atoms with Crippen molar-refractivity contribution in [3.63, 3.8) is 0 Å². The highest BCUT2D eigenvalue weighted by atomic mass is 15.5. The zero-order valence-electron chi connectivity index (χ0n) is 11.2. The molecule has 21 heavy (non-hydrogen) atoms. The van der Waals surface area contributed by atoms with Crippen LogP contribution >= 0.6 is 0 Å². The van der Waals surface area contributed by atoms with E-state index in [0.717, 1.165) is 27.8 Å². The second-order valence-electron chi connectivity index (χ2n) is 4.77. The second-order valence-corrected chi connectivity index (χ2v) is 4.77. The lowest BCUT2D eigenvalue weighted by Crippen LogP contribution is -1.97. The molecule has 0 spiro atoms. The van der Waals surface area contributed by atoms with Crippen LogP contribution in [0.4, 0.5) is 0 Å². The van der Waals surface area contributed by atoms with Gasteiger partial charge in [-0.15, -0.1) is 10.2 Å². The molecule has 0 atom stereocenters. The fourth-order valence-electron chi connectivity index (χ4n) is 2.30. The smallest absolute Gasteiger partial charge is 0.113 e. The average molecular weight is 272 g/mol. The molecule has 0 bridgehead atoms. The maximum atomic E-state index is 4.48. The standard InChI is InChI=1S/C17H12N4/c1-2-6-17-16(5-1)19-21(20-17)15-9-7-13(8-10-15)14-4-3-11-18-12-14/h1-12H. The normalized spacial score (nSPS) is 10.9. The van der Waals surface area contributed by atoms with Gasteiger partial charge in [-0.25, -0.2) is 0 Å². The number of aromatic nitrogens is 4. The van der Waals surface area contributed by atoms with Crippen LogP contribution in [-0.2, 0) is 0 Å². The van der Waals surface area contributed by atoms with E-state index in [0.29, 0.717) is 0 Å². The number of nitrogens with zero attached hydrogens (tertiary/aromatic N) is 4. The molecule has 2 heterocycles. The Morgan fingerprint density at radius 2 is 1.38 bits per heavy atom. The van der Waals surface area contributed by atoms with Crippen molar-refractivity contribution in [1.82, 2.24) is 20.0 Å². The molecule has 4 heteroatoms. The molecule has 0 saturated carbocycles. The Labute approximate surface area is 121 Å². The fraction of sp³-hybridized carbons (Fsp3) is 0. The molecule has 0 aliphatic carbocycles. The van der Waals surface area contributed by atoms with Gasteiger partial charge in [0.1, 0.15) is 11.0 Å². The Bertz CT molecular complexity index is 846. The van der Waals surface area contributed by atoms with Crippen LogP contribution in [0.25, 0.3) is 27.8 Å². The SMILES string of the molecule is c1cncc(-c2ccc(-n3nc4ccccc4n3)cc2)c1. The Morgan fingerprint density at radius 3 is 2.00 bits per heavy atom. The lowest BCUT2D eigenvalue weighted by molar-refractivity contribution is 0.766. The molecule has 0 aliphatic heterocycles. The average Bonchev–Trinajstić information content (AvgIpc) is 3.00. The Morgan fingerprint density at radius 1 is 0.667 bits per heavy atom. The molecular weight excluding hydrogens is 260 g/mol. The molecule has 2 aromatic heterocycles. The lowest BCUT2D eigenvalue weighted by Gasteiger charge is -2.03. The van der Waals surface area contributed by atoms with Gasteiger partial charge in [-0.1, -0.05) is 30.3 Å². The van der Waals surface area contributed by atoms with E-state index in [4.69, 9.17) is 0 Å². The lowest BCUT2D eigenvalue weighted by atomic mass is 10.1. The van der Waals surface area contributed by atoms with Gasteiger partial charge in [0, 0.05) is 12.4 Å². The number of rotatable bonds is 2. The van der Waals surface area contributed by atoms with E-state index in [1.807, 2.05) is 54.7 Å². The van der Waals surface area contributed by atoms with E-state index in [1.54, 1.807) is 11.0 Å². The summed E-state index contributed by atoms with van der Waals surface area (Å²) < 4.78 is 0. The summed E-state index contributed by atoms with van der Waals surface area (Å²) >= 11 is 0. The highest BCUT2D eigenvalue weighted by Gasteiger charge is 2.04. The number of hydrogen-bond donors (Lipinski definition) is 0. The third-order valence-electron chi connectivity index (χ3n) is 3.38. The van der Waals surface area contributed by atoms with E-state index in [1.165, 1.54) is 0 Å². The molecule has 0 radical (unpaired) electrons. The van der Waals surface area contributed by atoms with E-state index in [-0.39, 0.29) is 0 Å². The van der Waals surface area contributed by atoms with Gasteiger partial charge < -0.3 is 0 Å². The summed E-state index contributed by atoms with van der Waals surface area (Å²) in [6.45, 7) is 0. The highest BCUT2D eigenvalue weighted by Crippen LogP contribution is 2.20. The van der Waals surface area contributed by atoms with Gasteiger partial charge in [-0.3, -0.25) is 4.98 Å².